The Morgan fingerprint density at radius 3 is 2.47 bits per heavy atom. The second-order valence-electron chi connectivity index (χ2n) is 6.67. The third kappa shape index (κ3) is 5.58. The van der Waals surface area contributed by atoms with Gasteiger partial charge in [-0.25, -0.2) is 4.98 Å². The van der Waals surface area contributed by atoms with Crippen LogP contribution in [0.15, 0.2) is 59.7 Å². The van der Waals surface area contributed by atoms with E-state index in [1.54, 1.807) is 11.8 Å². The van der Waals surface area contributed by atoms with Crippen LogP contribution in [0.2, 0.25) is 0 Å². The summed E-state index contributed by atoms with van der Waals surface area (Å²) in [7, 11) is 0. The Morgan fingerprint density at radius 2 is 1.87 bits per heavy atom. The van der Waals surface area contributed by atoms with Gasteiger partial charge < -0.3 is 9.84 Å². The van der Waals surface area contributed by atoms with Gasteiger partial charge in [-0.1, -0.05) is 18.7 Å². The highest BCUT2D eigenvalue weighted by molar-refractivity contribution is 7.98. The average molecular weight is 452 g/mol. The monoisotopic (exact) mass is 451 g/mol. The molecule has 0 amide bonds. The first kappa shape index (κ1) is 22.2. The van der Waals surface area contributed by atoms with Crippen molar-refractivity contribution in [1.29, 1.82) is 0 Å². The van der Waals surface area contributed by atoms with Crippen molar-refractivity contribution in [2.75, 3.05) is 6.61 Å². The van der Waals surface area contributed by atoms with E-state index in [0.717, 1.165) is 33.2 Å². The van der Waals surface area contributed by atoms with E-state index < -0.39 is 11.7 Å². The number of nitrogens with zero attached hydrogens (tertiary/aromatic N) is 1. The van der Waals surface area contributed by atoms with Crippen LogP contribution in [0.5, 0.6) is 5.75 Å². The van der Waals surface area contributed by atoms with E-state index in [-0.39, 0.29) is 12.4 Å². The van der Waals surface area contributed by atoms with Gasteiger partial charge in [-0.2, -0.15) is 13.2 Å². The van der Waals surface area contributed by atoms with Gasteiger partial charge in [0.2, 0.25) is 0 Å². The molecule has 8 heteroatoms. The van der Waals surface area contributed by atoms with E-state index in [4.69, 9.17) is 9.84 Å². The smallest absolute Gasteiger partial charge is 0.416 e. The van der Waals surface area contributed by atoms with E-state index in [2.05, 4.69) is 11.6 Å². The molecule has 0 bridgehead atoms. The van der Waals surface area contributed by atoms with Crippen LogP contribution in [0.4, 0.5) is 13.2 Å². The maximum Gasteiger partial charge on any atom is 0.416 e. The van der Waals surface area contributed by atoms with E-state index in [9.17, 15) is 13.2 Å². The zero-order chi connectivity index (χ0) is 21.9. The van der Waals surface area contributed by atoms with Crippen LogP contribution < -0.4 is 4.74 Å². The average Bonchev–Trinajstić information content (AvgIpc) is 3.05. The minimum Gasteiger partial charge on any atom is -0.509 e. The Bertz CT molecular complexity index is 1040. The summed E-state index contributed by atoms with van der Waals surface area (Å²) in [6.07, 6.45) is -4.34. The zero-order valence-electron chi connectivity index (χ0n) is 16.4. The number of thioether (sulfide) groups is 1. The van der Waals surface area contributed by atoms with Crippen molar-refractivity contribution in [2.45, 2.75) is 30.7 Å². The van der Waals surface area contributed by atoms with Crippen LogP contribution in [-0.4, -0.2) is 16.7 Å². The number of thiazole rings is 1. The first-order valence-corrected chi connectivity index (χ1v) is 10.8. The SMILES string of the molecule is C=C(O)COc1ccc(SCc2sc(-c3ccc(C(F)(F)F)cc3)nc2C)cc1C. The third-order valence-corrected chi connectivity index (χ3v) is 6.67. The molecule has 0 aliphatic heterocycles. The largest absolute Gasteiger partial charge is 0.509 e. The van der Waals surface area contributed by atoms with Crippen molar-refractivity contribution in [3.05, 3.63) is 76.5 Å². The summed E-state index contributed by atoms with van der Waals surface area (Å²) in [6.45, 7) is 7.29. The molecule has 1 N–H and O–H groups in total. The summed E-state index contributed by atoms with van der Waals surface area (Å²) in [6, 6.07) is 10.9. The molecule has 0 saturated carbocycles. The van der Waals surface area contributed by atoms with Crippen LogP contribution in [0, 0.1) is 13.8 Å². The van der Waals surface area contributed by atoms with Gasteiger partial charge >= 0.3 is 6.18 Å². The van der Waals surface area contributed by atoms with Crippen LogP contribution in [0.25, 0.3) is 10.6 Å². The summed E-state index contributed by atoms with van der Waals surface area (Å²) in [5, 5.41) is 9.86. The molecule has 3 rings (SSSR count). The Balaban J connectivity index is 1.68. The Labute approximate surface area is 181 Å². The van der Waals surface area contributed by atoms with Crippen LogP contribution >= 0.6 is 23.1 Å². The number of aliphatic hydroxyl groups is 1. The third-order valence-electron chi connectivity index (χ3n) is 4.26. The number of halogens is 3. The highest BCUT2D eigenvalue weighted by atomic mass is 32.2. The van der Waals surface area contributed by atoms with E-state index >= 15 is 0 Å². The van der Waals surface area contributed by atoms with Gasteiger partial charge in [-0.3, -0.25) is 0 Å². The number of hydrogen-bond donors (Lipinski definition) is 1. The molecule has 0 radical (unpaired) electrons. The molecule has 3 aromatic rings. The highest BCUT2D eigenvalue weighted by Gasteiger charge is 2.30. The van der Waals surface area contributed by atoms with Crippen LogP contribution in [0.3, 0.4) is 0 Å². The number of rotatable bonds is 7. The Kier molecular flexibility index (Phi) is 6.77. The molecular formula is C22H20F3NO2S2. The fourth-order valence-electron chi connectivity index (χ4n) is 2.67. The van der Waals surface area contributed by atoms with Crippen molar-refractivity contribution in [2.24, 2.45) is 0 Å². The second kappa shape index (κ2) is 9.14. The van der Waals surface area contributed by atoms with Crippen molar-refractivity contribution < 1.29 is 23.0 Å². The fraction of sp³-hybridized carbons (Fsp3) is 0.227. The molecule has 0 fully saturated rings. The zero-order valence-corrected chi connectivity index (χ0v) is 18.0. The molecule has 1 aromatic heterocycles. The molecule has 0 saturated heterocycles. The standard InChI is InChI=1S/C22H20F3NO2S2/c1-13-10-18(8-9-19(13)28-11-14(2)27)29-12-20-15(3)26-21(30-20)16-4-6-17(7-5-16)22(23,24)25/h4-10,27H,2,11-12H2,1,3H3. The molecule has 0 atom stereocenters. The topological polar surface area (TPSA) is 42.4 Å². The normalized spacial score (nSPS) is 11.5. The van der Waals surface area contributed by atoms with Gasteiger partial charge in [-0.15, -0.1) is 23.1 Å². The van der Waals surface area contributed by atoms with Gasteiger partial charge in [0, 0.05) is 21.1 Å². The molecule has 30 heavy (non-hydrogen) atoms. The second-order valence-corrected chi connectivity index (χ2v) is 8.81. The lowest BCUT2D eigenvalue weighted by atomic mass is 10.1. The van der Waals surface area contributed by atoms with Gasteiger partial charge in [0.1, 0.15) is 23.1 Å². The van der Waals surface area contributed by atoms with Crippen molar-refractivity contribution >= 4 is 23.1 Å². The molecule has 0 aliphatic rings. The predicted molar refractivity (Wildman–Crippen MR) is 115 cm³/mol. The lowest BCUT2D eigenvalue weighted by molar-refractivity contribution is -0.137. The molecule has 2 aromatic carbocycles. The van der Waals surface area contributed by atoms with Gasteiger partial charge in [0.25, 0.3) is 0 Å². The lowest BCUT2D eigenvalue weighted by Crippen LogP contribution is -2.03. The molecule has 0 aliphatic carbocycles. The molecule has 0 spiro atoms. The first-order valence-electron chi connectivity index (χ1n) is 9.00. The Hall–Kier alpha value is -2.45. The predicted octanol–water partition coefficient (Wildman–Crippen LogP) is 7.19. The molecule has 3 nitrogen and oxygen atoms in total. The Morgan fingerprint density at radius 1 is 1.17 bits per heavy atom. The van der Waals surface area contributed by atoms with Crippen molar-refractivity contribution in [1.82, 2.24) is 4.98 Å². The molecule has 1 heterocycles. The summed E-state index contributed by atoms with van der Waals surface area (Å²) in [5.74, 6) is 1.36. The van der Waals surface area contributed by atoms with Gasteiger partial charge in [0.15, 0.2) is 0 Å². The van der Waals surface area contributed by atoms with Gasteiger partial charge in [0.05, 0.1) is 11.3 Å². The minimum atomic E-state index is -4.34. The summed E-state index contributed by atoms with van der Waals surface area (Å²) < 4.78 is 43.7. The lowest BCUT2D eigenvalue weighted by Gasteiger charge is -2.10. The number of ether oxygens (including phenoxy) is 1. The van der Waals surface area contributed by atoms with Gasteiger partial charge in [-0.05, 0) is 49.7 Å². The quantitative estimate of drug-likeness (QED) is 0.305. The van der Waals surface area contributed by atoms with Crippen LogP contribution in [0.1, 0.15) is 21.7 Å². The molecular weight excluding hydrogens is 431 g/mol. The maximum atomic E-state index is 12.7. The number of hydrogen-bond acceptors (Lipinski definition) is 5. The maximum absolute atomic E-state index is 12.7. The summed E-state index contributed by atoms with van der Waals surface area (Å²) in [4.78, 5) is 6.66. The van der Waals surface area contributed by atoms with E-state index in [1.165, 1.54) is 23.5 Å². The number of aliphatic hydroxyl groups excluding tert-OH is 1. The van der Waals surface area contributed by atoms with E-state index in [0.29, 0.717) is 22.1 Å². The highest BCUT2D eigenvalue weighted by Crippen LogP contribution is 2.35. The number of aryl methyl sites for hydroxylation is 2. The number of aromatic nitrogens is 1. The molecule has 0 unspecified atom stereocenters. The number of alkyl halides is 3. The van der Waals surface area contributed by atoms with Crippen molar-refractivity contribution in [3.8, 4) is 16.3 Å². The number of benzene rings is 2. The summed E-state index contributed by atoms with van der Waals surface area (Å²) >= 11 is 3.14. The minimum absolute atomic E-state index is 0.0302. The fourth-order valence-corrected chi connectivity index (χ4v) is 4.88. The first-order chi connectivity index (χ1) is 14.1. The van der Waals surface area contributed by atoms with E-state index in [1.807, 2.05) is 32.0 Å². The summed E-state index contributed by atoms with van der Waals surface area (Å²) in [5.41, 5.74) is 1.84. The van der Waals surface area contributed by atoms with Crippen LogP contribution in [-0.2, 0) is 11.9 Å². The molecule has 158 valence electrons. The van der Waals surface area contributed by atoms with Crippen molar-refractivity contribution in [3.63, 3.8) is 0 Å².